The number of aliphatic hydroxyl groups is 2. The van der Waals surface area contributed by atoms with Crippen LogP contribution in [0.3, 0.4) is 0 Å². The number of carbonyl (C=O) groups excluding carboxylic acids is 8. The SMILES string of the molecule is CC[C@@]1(O)C(=O)OCc2c1cc1n(c2=O)Cc2c-1nc1cc(F)c(C)c3c1c2[C@@H](NC(=O)C1CC(OCNC(=O)CNC(=O)[C@H](Cc2ccccc2)NC(=O)CNC(=O)CNC(=O)CCCCCN2C(=O)C=CC2O)C1)CC3. The third kappa shape index (κ3) is 11.5. The number of rotatable bonds is 22. The zero-order valence-corrected chi connectivity index (χ0v) is 43.2. The van der Waals surface area contributed by atoms with Gasteiger partial charge in [0.05, 0.1) is 60.8 Å². The van der Waals surface area contributed by atoms with E-state index in [1.54, 1.807) is 50.2 Å². The van der Waals surface area contributed by atoms with Crippen LogP contribution in [0.2, 0.25) is 0 Å². The molecule has 0 bridgehead atoms. The van der Waals surface area contributed by atoms with Gasteiger partial charge in [-0.25, -0.2) is 14.2 Å². The van der Waals surface area contributed by atoms with Crippen LogP contribution in [0.25, 0.3) is 22.3 Å². The van der Waals surface area contributed by atoms with E-state index in [9.17, 15) is 53.4 Å². The van der Waals surface area contributed by atoms with Crippen LogP contribution in [0.4, 0.5) is 4.39 Å². The van der Waals surface area contributed by atoms with E-state index in [1.807, 2.05) is 0 Å². The number of fused-ring (bicyclic) bond motifs is 5. The molecule has 4 aromatic rings. The highest BCUT2D eigenvalue weighted by Crippen LogP contribution is 2.46. The Morgan fingerprint density at radius 2 is 1.64 bits per heavy atom. The standard InChI is InChI=1S/C55H62FN9O13/c1-3-55(76)36-21-41-50-34(26-65(41)53(74)35(36)27-77-54(55)75)49-38(14-13-33-29(2)37(56)22-39(62-50)48(33)49)63-51(72)31-19-32(20-31)78-28-60-44(68)24-59-52(73)40(18-30-10-6-4-7-11-30)61-45(69)25-58-43(67)23-57-42(66)12-8-5-9-17-64-46(70)15-16-47(64)71/h4,6-7,10-11,15-16,21-22,31-32,38,40,46,70,76H,3,5,8-9,12-14,17-20,23-28H2,1-2H3,(H,57,66)(H,58,67)(H,59,73)(H,60,68)(H,61,69)(H,63,72)/t31?,32?,38-,40-,46?,55-/m0/s1. The van der Waals surface area contributed by atoms with Crippen molar-refractivity contribution in [3.63, 3.8) is 0 Å². The largest absolute Gasteiger partial charge is 0.458 e. The third-order valence-corrected chi connectivity index (χ3v) is 15.3. The molecule has 1 unspecified atom stereocenters. The summed E-state index contributed by atoms with van der Waals surface area (Å²) in [5, 5.41) is 37.7. The number of nitrogens with zero attached hydrogens (tertiary/aromatic N) is 3. The van der Waals surface area contributed by atoms with E-state index in [0.717, 1.165) is 11.1 Å². The smallest absolute Gasteiger partial charge is 0.343 e. The van der Waals surface area contributed by atoms with Gasteiger partial charge in [0.2, 0.25) is 41.4 Å². The number of esters is 1. The van der Waals surface area contributed by atoms with Gasteiger partial charge in [0.25, 0.3) is 5.56 Å². The van der Waals surface area contributed by atoms with E-state index >= 15 is 4.39 Å². The normalized spacial score (nSPS) is 20.9. The summed E-state index contributed by atoms with van der Waals surface area (Å²) in [6.07, 6.45) is 4.92. The predicted octanol–water partition coefficient (Wildman–Crippen LogP) is 0.853. The average Bonchev–Trinajstić information content (AvgIpc) is 4.16. The van der Waals surface area contributed by atoms with E-state index in [0.29, 0.717) is 90.5 Å². The number of aryl methyl sites for hydroxylation is 1. The van der Waals surface area contributed by atoms with Gasteiger partial charge in [-0.05, 0) is 86.3 Å². The number of hydrogen-bond donors (Lipinski definition) is 8. The van der Waals surface area contributed by atoms with Crippen molar-refractivity contribution >= 4 is 58.2 Å². The maximum atomic E-state index is 15.4. The number of nitrogens with one attached hydrogen (secondary N) is 6. The van der Waals surface area contributed by atoms with Gasteiger partial charge >= 0.3 is 5.97 Å². The number of benzene rings is 2. The van der Waals surface area contributed by atoms with Crippen LogP contribution in [0.15, 0.2) is 59.4 Å². The number of ether oxygens (including phenoxy) is 2. The van der Waals surface area contributed by atoms with Crippen molar-refractivity contribution in [2.24, 2.45) is 5.92 Å². The maximum absolute atomic E-state index is 15.4. The molecule has 5 aliphatic rings. The number of aliphatic hydroxyl groups excluding tert-OH is 1. The van der Waals surface area contributed by atoms with Crippen LogP contribution in [0, 0.1) is 18.7 Å². The van der Waals surface area contributed by atoms with Crippen LogP contribution in [0.1, 0.15) is 103 Å². The molecule has 412 valence electrons. The van der Waals surface area contributed by atoms with Crippen LogP contribution >= 0.6 is 0 Å². The summed E-state index contributed by atoms with van der Waals surface area (Å²) < 4.78 is 28.0. The van der Waals surface area contributed by atoms with Crippen molar-refractivity contribution in [3.05, 3.63) is 110 Å². The molecular weight excluding hydrogens is 1010 g/mol. The van der Waals surface area contributed by atoms with E-state index in [2.05, 4.69) is 31.9 Å². The summed E-state index contributed by atoms with van der Waals surface area (Å²) in [7, 11) is 0. The van der Waals surface area contributed by atoms with Crippen molar-refractivity contribution in [2.75, 3.05) is 32.9 Å². The number of halogens is 1. The monoisotopic (exact) mass is 1080 g/mol. The molecule has 3 aliphatic heterocycles. The van der Waals surface area contributed by atoms with Gasteiger partial charge in [0.1, 0.15) is 31.4 Å². The number of cyclic esters (lactones) is 1. The summed E-state index contributed by atoms with van der Waals surface area (Å²) >= 11 is 0. The molecule has 0 radical (unpaired) electrons. The van der Waals surface area contributed by atoms with Gasteiger partial charge in [-0.2, -0.15) is 0 Å². The number of unbranched alkanes of at least 4 members (excludes halogenated alkanes) is 2. The third-order valence-electron chi connectivity index (χ3n) is 15.3. The van der Waals surface area contributed by atoms with E-state index in [-0.39, 0.29) is 80.6 Å². The van der Waals surface area contributed by atoms with Gasteiger partial charge in [0.15, 0.2) is 5.60 Å². The quantitative estimate of drug-likeness (QED) is 0.0271. The predicted molar refractivity (Wildman–Crippen MR) is 275 cm³/mol. The Morgan fingerprint density at radius 3 is 2.38 bits per heavy atom. The molecule has 23 heteroatoms. The summed E-state index contributed by atoms with van der Waals surface area (Å²) in [6, 6.07) is 10.2. The van der Waals surface area contributed by atoms with E-state index < -0.39 is 83.9 Å². The average molecular weight is 1080 g/mol. The van der Waals surface area contributed by atoms with Crippen molar-refractivity contribution in [1.29, 1.82) is 0 Å². The number of hydrogen-bond acceptors (Lipinski definition) is 14. The molecule has 2 aromatic carbocycles. The van der Waals surface area contributed by atoms with Crippen LogP contribution in [-0.4, -0.2) is 123 Å². The molecule has 1 fully saturated rings. The van der Waals surface area contributed by atoms with Crippen molar-refractivity contribution in [3.8, 4) is 11.4 Å². The zero-order valence-electron chi connectivity index (χ0n) is 43.2. The van der Waals surface area contributed by atoms with Crippen LogP contribution in [-0.2, 0) is 79.4 Å². The van der Waals surface area contributed by atoms with E-state index in [1.165, 1.54) is 27.7 Å². The Kier molecular flexibility index (Phi) is 16.4. The van der Waals surface area contributed by atoms with Crippen LogP contribution < -0.4 is 37.5 Å². The molecule has 0 spiro atoms. The van der Waals surface area contributed by atoms with Gasteiger partial charge < -0.3 is 61.1 Å². The lowest BCUT2D eigenvalue weighted by Crippen LogP contribution is -2.52. The maximum Gasteiger partial charge on any atom is 0.343 e. The molecule has 7 amide bonds. The fraction of sp³-hybridized carbons (Fsp3) is 0.455. The first-order valence-corrected chi connectivity index (χ1v) is 26.3. The van der Waals surface area contributed by atoms with Gasteiger partial charge in [-0.1, -0.05) is 43.7 Å². The summed E-state index contributed by atoms with van der Waals surface area (Å²) in [4.78, 5) is 122. The minimum atomic E-state index is -2.03. The molecule has 0 saturated heterocycles. The molecule has 78 heavy (non-hydrogen) atoms. The second kappa shape index (κ2) is 23.4. The minimum absolute atomic E-state index is 0.0303. The molecular formula is C55H62FN9O13. The Balaban J connectivity index is 0.724. The van der Waals surface area contributed by atoms with Gasteiger partial charge in [-0.3, -0.25) is 38.4 Å². The minimum Gasteiger partial charge on any atom is -0.458 e. The molecule has 22 nitrogen and oxygen atoms in total. The Morgan fingerprint density at radius 1 is 0.910 bits per heavy atom. The first kappa shape index (κ1) is 54.9. The lowest BCUT2D eigenvalue weighted by atomic mass is 9.79. The van der Waals surface area contributed by atoms with Gasteiger partial charge in [0, 0.05) is 54.0 Å². The number of amides is 7. The summed E-state index contributed by atoms with van der Waals surface area (Å²) in [5.74, 6) is -5.13. The van der Waals surface area contributed by atoms with Crippen molar-refractivity contribution in [1.82, 2.24) is 46.4 Å². The number of carbonyl (C=O) groups is 8. The highest BCUT2D eigenvalue weighted by atomic mass is 19.1. The highest BCUT2D eigenvalue weighted by molar-refractivity contribution is 5.95. The topological polar surface area (TPSA) is 306 Å². The van der Waals surface area contributed by atoms with Crippen molar-refractivity contribution < 1.29 is 62.4 Å². The number of pyridine rings is 2. The molecule has 5 heterocycles. The first-order valence-electron chi connectivity index (χ1n) is 26.3. The summed E-state index contributed by atoms with van der Waals surface area (Å²) in [5.41, 5.74) is 2.37. The second-order valence-electron chi connectivity index (χ2n) is 20.3. The zero-order chi connectivity index (χ0) is 55.4. The van der Waals surface area contributed by atoms with Crippen LogP contribution in [0.5, 0.6) is 0 Å². The Labute approximate surface area is 446 Å². The molecule has 2 aromatic heterocycles. The highest BCUT2D eigenvalue weighted by Gasteiger charge is 2.46. The van der Waals surface area contributed by atoms with Gasteiger partial charge in [-0.15, -0.1) is 0 Å². The molecule has 1 saturated carbocycles. The Hall–Kier alpha value is -7.89. The van der Waals surface area contributed by atoms with E-state index in [4.69, 9.17) is 14.5 Å². The van der Waals surface area contributed by atoms with Crippen molar-refractivity contribution in [2.45, 2.75) is 121 Å². The fourth-order valence-corrected chi connectivity index (χ4v) is 10.8. The lowest BCUT2D eigenvalue weighted by molar-refractivity contribution is -0.172. The Bertz CT molecular complexity index is 3180. The molecule has 4 atom stereocenters. The fourth-order valence-electron chi connectivity index (χ4n) is 10.8. The molecule has 8 N–H and O–H groups in total. The molecule has 9 rings (SSSR count). The lowest BCUT2D eigenvalue weighted by Gasteiger charge is -2.36. The first-order chi connectivity index (χ1) is 37.4. The molecule has 2 aliphatic carbocycles. The number of aromatic nitrogens is 2. The second-order valence-corrected chi connectivity index (χ2v) is 20.3. The summed E-state index contributed by atoms with van der Waals surface area (Å²) in [6.45, 7) is 1.95.